The lowest BCUT2D eigenvalue weighted by molar-refractivity contribution is 0.0589. The van der Waals surface area contributed by atoms with Crippen LogP contribution in [-0.4, -0.2) is 67.5 Å². The summed E-state index contributed by atoms with van der Waals surface area (Å²) in [7, 11) is 0. The number of hydrogen-bond acceptors (Lipinski definition) is 8. The Morgan fingerprint density at radius 1 is 0.879 bits per heavy atom. The zero-order valence-electron chi connectivity index (χ0n) is 18.4. The lowest BCUT2D eigenvalue weighted by atomic mass is 10.0. The van der Waals surface area contributed by atoms with Crippen LogP contribution >= 0.6 is 0 Å². The summed E-state index contributed by atoms with van der Waals surface area (Å²) in [6.45, 7) is 5.24. The third-order valence-corrected chi connectivity index (χ3v) is 5.84. The Kier molecular flexibility index (Phi) is 6.71. The van der Waals surface area contributed by atoms with Gasteiger partial charge >= 0.3 is 0 Å². The van der Waals surface area contributed by atoms with Gasteiger partial charge in [-0.1, -0.05) is 24.3 Å². The van der Waals surface area contributed by atoms with Crippen molar-refractivity contribution in [2.75, 3.05) is 62.3 Å². The zero-order valence-corrected chi connectivity index (χ0v) is 18.4. The van der Waals surface area contributed by atoms with Crippen LogP contribution in [0.2, 0.25) is 0 Å². The second kappa shape index (κ2) is 10.2. The minimum atomic E-state index is -0.231. The van der Waals surface area contributed by atoms with Gasteiger partial charge in [0.15, 0.2) is 5.82 Å². The van der Waals surface area contributed by atoms with Gasteiger partial charge in [0.1, 0.15) is 23.1 Å². The van der Waals surface area contributed by atoms with Crippen molar-refractivity contribution >= 4 is 11.6 Å². The molecule has 0 aliphatic carbocycles. The number of rotatable bonds is 5. The molecule has 0 unspecified atom stereocenters. The molecule has 0 saturated carbocycles. The molecule has 0 amide bonds. The van der Waals surface area contributed by atoms with Crippen molar-refractivity contribution in [3.05, 3.63) is 65.6 Å². The number of nitrogens with one attached hydrogen (secondary N) is 1. The van der Waals surface area contributed by atoms with Gasteiger partial charge in [-0.2, -0.15) is 0 Å². The molecule has 0 bridgehead atoms. The van der Waals surface area contributed by atoms with Crippen molar-refractivity contribution in [2.45, 2.75) is 6.42 Å². The largest absolute Gasteiger partial charge is 0.378 e. The molecule has 9 heteroatoms. The Morgan fingerprint density at radius 2 is 1.61 bits per heavy atom. The average Bonchev–Trinajstić information content (AvgIpc) is 3.16. The van der Waals surface area contributed by atoms with E-state index in [0.717, 1.165) is 17.2 Å². The number of halogens is 1. The van der Waals surface area contributed by atoms with Crippen LogP contribution < -0.4 is 15.3 Å². The first-order valence-corrected chi connectivity index (χ1v) is 11.3. The van der Waals surface area contributed by atoms with Crippen molar-refractivity contribution < 1.29 is 14.0 Å². The van der Waals surface area contributed by atoms with Crippen molar-refractivity contribution in [3.8, 4) is 11.5 Å². The minimum absolute atomic E-state index is 0.231. The number of hydrogen-bond donors (Lipinski definition) is 1. The van der Waals surface area contributed by atoms with E-state index in [0.29, 0.717) is 76.0 Å². The van der Waals surface area contributed by atoms with E-state index >= 15 is 0 Å². The van der Waals surface area contributed by atoms with Gasteiger partial charge in [-0.3, -0.25) is 9.82 Å². The highest BCUT2D eigenvalue weighted by molar-refractivity contribution is 5.67. The van der Waals surface area contributed by atoms with E-state index in [2.05, 4.69) is 20.3 Å². The van der Waals surface area contributed by atoms with Crippen LogP contribution in [0.25, 0.3) is 11.5 Å². The van der Waals surface area contributed by atoms with Crippen molar-refractivity contribution in [3.63, 3.8) is 0 Å². The van der Waals surface area contributed by atoms with Gasteiger partial charge in [-0.15, -0.1) is 0 Å². The maximum absolute atomic E-state index is 14.7. The smallest absolute Gasteiger partial charge is 0.182 e. The monoisotopic (exact) mass is 450 g/mol. The van der Waals surface area contributed by atoms with E-state index < -0.39 is 0 Å². The van der Waals surface area contributed by atoms with Crippen molar-refractivity contribution in [1.82, 2.24) is 20.4 Å². The summed E-state index contributed by atoms with van der Waals surface area (Å²) in [6, 6.07) is 12.6. The Bertz CT molecular complexity index is 1070. The maximum atomic E-state index is 14.7. The van der Waals surface area contributed by atoms with Crippen molar-refractivity contribution in [2.24, 2.45) is 0 Å². The zero-order chi connectivity index (χ0) is 22.5. The molecule has 5 rings (SSSR count). The second-order valence-corrected chi connectivity index (χ2v) is 7.99. The summed E-state index contributed by atoms with van der Waals surface area (Å²) in [6.07, 6.45) is 2.13. The molecule has 0 atom stereocenters. The molecule has 4 heterocycles. The normalized spacial score (nSPS) is 17.1. The van der Waals surface area contributed by atoms with Crippen LogP contribution in [-0.2, 0) is 16.0 Å². The molecule has 0 radical (unpaired) electrons. The number of nitrogens with zero attached hydrogens (tertiary/aromatic N) is 5. The lowest BCUT2D eigenvalue weighted by Gasteiger charge is -2.32. The molecule has 2 saturated heterocycles. The van der Waals surface area contributed by atoms with Crippen LogP contribution in [0.5, 0.6) is 0 Å². The van der Waals surface area contributed by atoms with E-state index in [9.17, 15) is 4.39 Å². The second-order valence-electron chi connectivity index (χ2n) is 7.99. The predicted octanol–water partition coefficient (Wildman–Crippen LogP) is 2.45. The van der Waals surface area contributed by atoms with Crippen LogP contribution in [0.4, 0.5) is 16.0 Å². The number of ether oxygens (including phenoxy) is 1. The first-order valence-electron chi connectivity index (χ1n) is 11.3. The molecule has 0 spiro atoms. The topological polar surface area (TPSA) is 75.6 Å². The molecule has 172 valence electrons. The molecule has 33 heavy (non-hydrogen) atoms. The highest BCUT2D eigenvalue weighted by atomic mass is 19.1. The Morgan fingerprint density at radius 3 is 2.36 bits per heavy atom. The van der Waals surface area contributed by atoms with E-state index in [4.69, 9.17) is 19.5 Å². The summed E-state index contributed by atoms with van der Waals surface area (Å²) >= 11 is 0. The lowest BCUT2D eigenvalue weighted by Crippen LogP contribution is -2.38. The van der Waals surface area contributed by atoms with Crippen LogP contribution in [0.15, 0.2) is 48.7 Å². The standard InChI is InChI=1S/C24H27FN6O2/c25-20-6-2-1-5-18(20)17-19-23(30-10-9-27-33-16-13-30)28-22(21-7-3-4-8-26-21)29-24(19)31-11-14-32-15-12-31/h1-8,27H,9-17H2. The van der Waals surface area contributed by atoms with E-state index in [1.807, 2.05) is 30.3 Å². The van der Waals surface area contributed by atoms with E-state index in [1.54, 1.807) is 12.3 Å². The molecule has 2 aliphatic rings. The molecular weight excluding hydrogens is 423 g/mol. The molecule has 8 nitrogen and oxygen atoms in total. The molecule has 2 aromatic heterocycles. The fourth-order valence-corrected chi connectivity index (χ4v) is 4.16. The van der Waals surface area contributed by atoms with Gasteiger partial charge in [-0.25, -0.2) is 19.8 Å². The van der Waals surface area contributed by atoms with Gasteiger partial charge in [0, 0.05) is 50.9 Å². The summed E-state index contributed by atoms with van der Waals surface area (Å²) in [5.74, 6) is 1.93. The average molecular weight is 451 g/mol. The van der Waals surface area contributed by atoms with Crippen LogP contribution in [0.3, 0.4) is 0 Å². The Balaban J connectivity index is 1.67. The number of pyridine rings is 1. The molecule has 1 aromatic carbocycles. The van der Waals surface area contributed by atoms with Gasteiger partial charge in [-0.05, 0) is 23.8 Å². The van der Waals surface area contributed by atoms with Gasteiger partial charge in [0.2, 0.25) is 0 Å². The van der Waals surface area contributed by atoms with Gasteiger partial charge < -0.3 is 14.5 Å². The molecule has 2 fully saturated rings. The number of hydroxylamine groups is 1. The van der Waals surface area contributed by atoms with Crippen LogP contribution in [0, 0.1) is 5.82 Å². The number of anilines is 2. The van der Waals surface area contributed by atoms with Crippen LogP contribution in [0.1, 0.15) is 11.1 Å². The molecule has 2 aliphatic heterocycles. The number of aromatic nitrogens is 3. The van der Waals surface area contributed by atoms with Gasteiger partial charge in [0.05, 0.1) is 19.8 Å². The molecular formula is C24H27FN6O2. The fraction of sp³-hybridized carbons (Fsp3) is 0.375. The van der Waals surface area contributed by atoms with Crippen molar-refractivity contribution in [1.29, 1.82) is 0 Å². The predicted molar refractivity (Wildman–Crippen MR) is 124 cm³/mol. The summed E-state index contributed by atoms with van der Waals surface area (Å²) in [5, 5.41) is 0. The summed E-state index contributed by atoms with van der Waals surface area (Å²) in [5.41, 5.74) is 5.19. The molecule has 1 N–H and O–H groups in total. The highest BCUT2D eigenvalue weighted by Gasteiger charge is 2.26. The van der Waals surface area contributed by atoms with E-state index in [1.165, 1.54) is 6.07 Å². The fourth-order valence-electron chi connectivity index (χ4n) is 4.16. The SMILES string of the molecule is Fc1ccccc1Cc1c(N2CCOCC2)nc(-c2ccccn2)nc1N1CCNOCC1. The number of benzene rings is 1. The minimum Gasteiger partial charge on any atom is -0.378 e. The number of morpholine rings is 1. The first-order chi connectivity index (χ1) is 16.3. The quantitative estimate of drug-likeness (QED) is 0.636. The van der Waals surface area contributed by atoms with Gasteiger partial charge in [0.25, 0.3) is 0 Å². The Hall–Kier alpha value is -3.14. The summed E-state index contributed by atoms with van der Waals surface area (Å²) in [4.78, 5) is 24.3. The maximum Gasteiger partial charge on any atom is 0.182 e. The first kappa shape index (κ1) is 21.7. The third-order valence-electron chi connectivity index (χ3n) is 5.84. The molecule has 3 aromatic rings. The summed E-state index contributed by atoms with van der Waals surface area (Å²) < 4.78 is 20.3. The van der Waals surface area contributed by atoms with E-state index in [-0.39, 0.29) is 5.82 Å². The third kappa shape index (κ3) is 4.95. The highest BCUT2D eigenvalue weighted by Crippen LogP contribution is 2.33. The Labute approximate surface area is 192 Å².